The second-order valence-corrected chi connectivity index (χ2v) is 6.04. The van der Waals surface area contributed by atoms with Crippen molar-refractivity contribution in [2.75, 3.05) is 37.7 Å². The van der Waals surface area contributed by atoms with Crippen LogP contribution in [0.25, 0.3) is 0 Å². The number of piperidine rings is 1. The van der Waals surface area contributed by atoms with Crippen LogP contribution < -0.4 is 15.0 Å². The highest BCUT2D eigenvalue weighted by Crippen LogP contribution is 2.33. The first-order chi connectivity index (χ1) is 9.86. The minimum Gasteiger partial charge on any atom is -0.490 e. The Bertz CT molecular complexity index is 441. The number of benzene rings is 1. The molecule has 0 bridgehead atoms. The first kappa shape index (κ1) is 13.7. The van der Waals surface area contributed by atoms with Gasteiger partial charge in [-0.25, -0.2) is 0 Å². The Hall–Kier alpha value is -1.22. The lowest BCUT2D eigenvalue weighted by molar-refractivity contribution is 0.307. The van der Waals surface area contributed by atoms with Gasteiger partial charge in [-0.3, -0.25) is 0 Å². The number of fused-ring (bicyclic) bond motifs is 1. The van der Waals surface area contributed by atoms with E-state index in [0.29, 0.717) is 0 Å². The second-order valence-electron chi connectivity index (χ2n) is 6.04. The summed E-state index contributed by atoms with van der Waals surface area (Å²) < 4.78 is 5.79. The van der Waals surface area contributed by atoms with Crippen LogP contribution in [-0.4, -0.2) is 32.8 Å². The Kier molecular flexibility index (Phi) is 4.46. The molecule has 0 unspecified atom stereocenters. The molecule has 2 heterocycles. The Morgan fingerprint density at radius 3 is 2.95 bits per heavy atom. The standard InChI is InChI=1S/C17H26N2O/c1-2-9-19-10-11-20-17-4-3-15(13-16(17)19)12-14-5-7-18-8-6-14/h3-4,13-14,18H,2,5-12H2,1H3. The summed E-state index contributed by atoms with van der Waals surface area (Å²) >= 11 is 0. The van der Waals surface area contributed by atoms with Crippen molar-refractivity contribution in [1.82, 2.24) is 5.32 Å². The summed E-state index contributed by atoms with van der Waals surface area (Å²) in [5, 5.41) is 3.45. The number of nitrogens with zero attached hydrogens (tertiary/aromatic N) is 1. The molecule has 110 valence electrons. The zero-order valence-corrected chi connectivity index (χ0v) is 12.5. The van der Waals surface area contributed by atoms with Gasteiger partial charge in [0.2, 0.25) is 0 Å². The fraction of sp³-hybridized carbons (Fsp3) is 0.647. The molecule has 1 aromatic rings. The Balaban J connectivity index is 1.74. The number of rotatable bonds is 4. The third kappa shape index (κ3) is 3.09. The smallest absolute Gasteiger partial charge is 0.142 e. The molecule has 3 nitrogen and oxygen atoms in total. The van der Waals surface area contributed by atoms with E-state index in [1.807, 2.05) is 0 Å². The Morgan fingerprint density at radius 1 is 1.30 bits per heavy atom. The van der Waals surface area contributed by atoms with Crippen molar-refractivity contribution in [2.45, 2.75) is 32.6 Å². The zero-order chi connectivity index (χ0) is 13.8. The van der Waals surface area contributed by atoms with Gasteiger partial charge in [0, 0.05) is 6.54 Å². The first-order valence-corrected chi connectivity index (χ1v) is 8.08. The van der Waals surface area contributed by atoms with Gasteiger partial charge in [0.1, 0.15) is 12.4 Å². The molecule has 0 saturated carbocycles. The van der Waals surface area contributed by atoms with E-state index in [1.165, 1.54) is 50.0 Å². The van der Waals surface area contributed by atoms with Crippen molar-refractivity contribution in [3.8, 4) is 5.75 Å². The van der Waals surface area contributed by atoms with Crippen LogP contribution in [0.3, 0.4) is 0 Å². The van der Waals surface area contributed by atoms with Crippen LogP contribution in [0.2, 0.25) is 0 Å². The largest absolute Gasteiger partial charge is 0.490 e. The number of nitrogens with one attached hydrogen (secondary N) is 1. The summed E-state index contributed by atoms with van der Waals surface area (Å²) in [4.78, 5) is 2.48. The van der Waals surface area contributed by atoms with E-state index in [-0.39, 0.29) is 0 Å². The molecule has 1 N–H and O–H groups in total. The number of hydrogen-bond donors (Lipinski definition) is 1. The van der Waals surface area contributed by atoms with E-state index in [9.17, 15) is 0 Å². The normalized spacial score (nSPS) is 19.6. The van der Waals surface area contributed by atoms with Gasteiger partial charge in [-0.15, -0.1) is 0 Å². The molecule has 1 fully saturated rings. The zero-order valence-electron chi connectivity index (χ0n) is 12.5. The van der Waals surface area contributed by atoms with Crippen molar-refractivity contribution in [2.24, 2.45) is 5.92 Å². The molecular formula is C17H26N2O. The summed E-state index contributed by atoms with van der Waals surface area (Å²) in [6.07, 6.45) is 5.03. The predicted molar refractivity (Wildman–Crippen MR) is 83.7 cm³/mol. The number of anilines is 1. The monoisotopic (exact) mass is 274 g/mol. The summed E-state index contributed by atoms with van der Waals surface area (Å²) in [5.74, 6) is 1.91. The van der Waals surface area contributed by atoms with E-state index in [4.69, 9.17) is 4.74 Å². The van der Waals surface area contributed by atoms with E-state index in [2.05, 4.69) is 35.3 Å². The highest BCUT2D eigenvalue weighted by molar-refractivity contribution is 5.61. The van der Waals surface area contributed by atoms with Crippen LogP contribution in [0.5, 0.6) is 5.75 Å². The topological polar surface area (TPSA) is 24.5 Å². The highest BCUT2D eigenvalue weighted by atomic mass is 16.5. The maximum atomic E-state index is 5.79. The molecule has 0 aromatic heterocycles. The van der Waals surface area contributed by atoms with Crippen molar-refractivity contribution in [1.29, 1.82) is 0 Å². The molecule has 3 rings (SSSR count). The lowest BCUT2D eigenvalue weighted by Crippen LogP contribution is -2.33. The van der Waals surface area contributed by atoms with Crippen molar-refractivity contribution < 1.29 is 4.74 Å². The average molecular weight is 274 g/mol. The molecule has 2 aliphatic heterocycles. The fourth-order valence-electron chi connectivity index (χ4n) is 3.37. The van der Waals surface area contributed by atoms with Gasteiger partial charge >= 0.3 is 0 Å². The van der Waals surface area contributed by atoms with E-state index >= 15 is 0 Å². The molecule has 0 amide bonds. The van der Waals surface area contributed by atoms with E-state index in [0.717, 1.165) is 31.4 Å². The van der Waals surface area contributed by atoms with Crippen molar-refractivity contribution in [3.05, 3.63) is 23.8 Å². The average Bonchev–Trinajstić information content (AvgIpc) is 2.49. The maximum Gasteiger partial charge on any atom is 0.142 e. The second kappa shape index (κ2) is 6.49. The highest BCUT2D eigenvalue weighted by Gasteiger charge is 2.19. The Labute approximate surface area is 122 Å². The van der Waals surface area contributed by atoms with Gasteiger partial charge in [0.05, 0.1) is 12.2 Å². The van der Waals surface area contributed by atoms with Crippen LogP contribution in [-0.2, 0) is 6.42 Å². The molecule has 0 aliphatic carbocycles. The number of hydrogen-bond acceptors (Lipinski definition) is 3. The molecule has 0 spiro atoms. The Morgan fingerprint density at radius 2 is 2.15 bits per heavy atom. The molecule has 1 aromatic carbocycles. The maximum absolute atomic E-state index is 5.79. The van der Waals surface area contributed by atoms with Crippen LogP contribution in [0.15, 0.2) is 18.2 Å². The van der Waals surface area contributed by atoms with Gasteiger partial charge in [0.15, 0.2) is 0 Å². The molecule has 20 heavy (non-hydrogen) atoms. The minimum atomic E-state index is 0.820. The van der Waals surface area contributed by atoms with Gasteiger partial charge < -0.3 is 15.0 Å². The first-order valence-electron chi connectivity index (χ1n) is 8.08. The lowest BCUT2D eigenvalue weighted by atomic mass is 9.90. The van der Waals surface area contributed by atoms with Gasteiger partial charge in [-0.05, 0) is 62.4 Å². The molecule has 0 radical (unpaired) electrons. The summed E-state index contributed by atoms with van der Waals surface area (Å²) in [6, 6.07) is 6.80. The number of ether oxygens (including phenoxy) is 1. The van der Waals surface area contributed by atoms with Gasteiger partial charge in [0.25, 0.3) is 0 Å². The van der Waals surface area contributed by atoms with E-state index in [1.54, 1.807) is 0 Å². The minimum absolute atomic E-state index is 0.820. The van der Waals surface area contributed by atoms with Crippen LogP contribution in [0.1, 0.15) is 31.7 Å². The van der Waals surface area contributed by atoms with Crippen LogP contribution in [0.4, 0.5) is 5.69 Å². The molecule has 2 aliphatic rings. The molecule has 1 saturated heterocycles. The molecular weight excluding hydrogens is 248 g/mol. The summed E-state index contributed by atoms with van der Waals surface area (Å²) in [7, 11) is 0. The van der Waals surface area contributed by atoms with Crippen molar-refractivity contribution in [3.63, 3.8) is 0 Å². The third-order valence-electron chi connectivity index (χ3n) is 4.46. The SMILES string of the molecule is CCCN1CCOc2ccc(CC3CCNCC3)cc21. The van der Waals surface area contributed by atoms with E-state index < -0.39 is 0 Å². The molecule has 0 atom stereocenters. The third-order valence-corrected chi connectivity index (χ3v) is 4.46. The fourth-order valence-corrected chi connectivity index (χ4v) is 3.37. The lowest BCUT2D eigenvalue weighted by Gasteiger charge is -2.32. The predicted octanol–water partition coefficient (Wildman–Crippen LogP) is 2.84. The summed E-state index contributed by atoms with van der Waals surface area (Å²) in [5.41, 5.74) is 2.78. The van der Waals surface area contributed by atoms with Gasteiger partial charge in [-0.2, -0.15) is 0 Å². The molecule has 3 heteroatoms. The van der Waals surface area contributed by atoms with Gasteiger partial charge in [-0.1, -0.05) is 13.0 Å². The van der Waals surface area contributed by atoms with Crippen LogP contribution >= 0.6 is 0 Å². The summed E-state index contributed by atoms with van der Waals surface area (Å²) in [6.45, 7) is 7.58. The van der Waals surface area contributed by atoms with Crippen LogP contribution in [0, 0.1) is 5.92 Å². The van der Waals surface area contributed by atoms with Crippen molar-refractivity contribution >= 4 is 5.69 Å². The quantitative estimate of drug-likeness (QED) is 0.913.